The Morgan fingerprint density at radius 1 is 1.30 bits per heavy atom. The van der Waals surface area contributed by atoms with Gasteiger partial charge < -0.3 is 10.1 Å². The van der Waals surface area contributed by atoms with Gasteiger partial charge in [-0.15, -0.1) is 13.2 Å². The zero-order valence-corrected chi connectivity index (χ0v) is 15.5. The summed E-state index contributed by atoms with van der Waals surface area (Å²) in [5, 5.41) is 11.8. The van der Waals surface area contributed by atoms with Gasteiger partial charge in [0, 0.05) is 11.4 Å². The van der Waals surface area contributed by atoms with Crippen LogP contribution in [-0.4, -0.2) is 22.5 Å². The van der Waals surface area contributed by atoms with Crippen LogP contribution in [0.1, 0.15) is 23.7 Å². The molecule has 0 radical (unpaired) electrons. The molecule has 0 bridgehead atoms. The van der Waals surface area contributed by atoms with E-state index in [-0.39, 0.29) is 11.7 Å². The molecule has 0 fully saturated rings. The van der Waals surface area contributed by atoms with Gasteiger partial charge in [-0.05, 0) is 56.7 Å². The molecule has 0 aliphatic heterocycles. The summed E-state index contributed by atoms with van der Waals surface area (Å²) in [6.07, 6.45) is -4.77. The number of thioether (sulfide) groups is 1. The van der Waals surface area contributed by atoms with Crippen molar-refractivity contribution in [3.05, 3.63) is 47.2 Å². The van der Waals surface area contributed by atoms with Gasteiger partial charge in [-0.1, -0.05) is 11.8 Å². The number of halogens is 3. The van der Waals surface area contributed by atoms with Crippen molar-refractivity contribution in [2.75, 3.05) is 5.32 Å². The quantitative estimate of drug-likeness (QED) is 0.750. The normalized spacial score (nSPS) is 12.2. The molecule has 1 heterocycles. The molecule has 0 saturated carbocycles. The molecule has 5 nitrogen and oxygen atoms in total. The fourth-order valence-electron chi connectivity index (χ4n) is 2.23. The molecule has 27 heavy (non-hydrogen) atoms. The van der Waals surface area contributed by atoms with Gasteiger partial charge in [0.1, 0.15) is 16.8 Å². The number of benzene rings is 1. The zero-order chi connectivity index (χ0) is 20.2. The Bertz CT molecular complexity index is 877. The van der Waals surface area contributed by atoms with Crippen LogP contribution in [0, 0.1) is 25.2 Å². The molecule has 0 spiro atoms. The van der Waals surface area contributed by atoms with Gasteiger partial charge in [-0.25, -0.2) is 4.98 Å². The van der Waals surface area contributed by atoms with Gasteiger partial charge in [0.05, 0.1) is 10.8 Å². The molecule has 1 aromatic carbocycles. The number of nitrogens with zero attached hydrogens (tertiary/aromatic N) is 2. The number of nitriles is 1. The lowest BCUT2D eigenvalue weighted by Gasteiger charge is -2.14. The number of hydrogen-bond donors (Lipinski definition) is 1. The largest absolute Gasteiger partial charge is 0.573 e. The van der Waals surface area contributed by atoms with E-state index in [1.807, 2.05) is 0 Å². The molecule has 1 amide bonds. The van der Waals surface area contributed by atoms with E-state index in [0.29, 0.717) is 16.3 Å². The molecular weight excluding hydrogens is 379 g/mol. The van der Waals surface area contributed by atoms with E-state index in [2.05, 4.69) is 21.1 Å². The van der Waals surface area contributed by atoms with Gasteiger partial charge >= 0.3 is 6.36 Å². The second-order valence-electron chi connectivity index (χ2n) is 5.69. The third kappa shape index (κ3) is 5.89. The Kier molecular flexibility index (Phi) is 6.33. The Balaban J connectivity index is 2.05. The molecule has 9 heteroatoms. The first kappa shape index (κ1) is 20.6. The van der Waals surface area contributed by atoms with Crippen molar-refractivity contribution >= 4 is 23.4 Å². The third-order valence-corrected chi connectivity index (χ3v) is 4.52. The van der Waals surface area contributed by atoms with E-state index in [0.717, 1.165) is 35.2 Å². The number of anilines is 1. The predicted molar refractivity (Wildman–Crippen MR) is 95.5 cm³/mol. The number of ether oxygens (including phenoxy) is 1. The average Bonchev–Trinajstić information content (AvgIpc) is 2.55. The van der Waals surface area contributed by atoms with Crippen LogP contribution < -0.4 is 10.1 Å². The van der Waals surface area contributed by atoms with Crippen LogP contribution >= 0.6 is 11.8 Å². The summed E-state index contributed by atoms with van der Waals surface area (Å²) in [5.41, 5.74) is 2.26. The number of carbonyl (C=O) groups excluding carboxylic acids is 1. The third-order valence-electron chi connectivity index (χ3n) is 3.44. The number of pyridine rings is 1. The zero-order valence-electron chi connectivity index (χ0n) is 14.7. The van der Waals surface area contributed by atoms with Crippen molar-refractivity contribution in [2.45, 2.75) is 37.4 Å². The Morgan fingerprint density at radius 3 is 2.48 bits per heavy atom. The van der Waals surface area contributed by atoms with Crippen molar-refractivity contribution in [1.29, 1.82) is 5.26 Å². The lowest BCUT2D eigenvalue weighted by atomic mass is 10.1. The molecular formula is C18H16F3N3O2S. The summed E-state index contributed by atoms with van der Waals surface area (Å²) in [6.45, 7) is 5.25. The number of alkyl halides is 3. The maximum atomic E-state index is 12.3. The maximum absolute atomic E-state index is 12.3. The van der Waals surface area contributed by atoms with Crippen LogP contribution in [0.3, 0.4) is 0 Å². The second kappa shape index (κ2) is 8.31. The van der Waals surface area contributed by atoms with Crippen molar-refractivity contribution in [3.8, 4) is 11.8 Å². The number of nitrogens with one attached hydrogen (secondary N) is 1. The van der Waals surface area contributed by atoms with Crippen LogP contribution in [0.15, 0.2) is 35.4 Å². The highest BCUT2D eigenvalue weighted by Gasteiger charge is 2.31. The van der Waals surface area contributed by atoms with Crippen molar-refractivity contribution in [3.63, 3.8) is 0 Å². The SMILES string of the molecule is Cc1cc(C)c(C#N)c(S[C@@H](C)C(=O)Nc2ccc(OC(F)(F)F)cc2)n1. The first-order valence-corrected chi connectivity index (χ1v) is 8.68. The van der Waals surface area contributed by atoms with E-state index < -0.39 is 11.6 Å². The van der Waals surface area contributed by atoms with Crippen molar-refractivity contribution in [1.82, 2.24) is 4.98 Å². The molecule has 0 aliphatic rings. The highest BCUT2D eigenvalue weighted by atomic mass is 32.2. The Labute approximate surface area is 158 Å². The summed E-state index contributed by atoms with van der Waals surface area (Å²) in [5.74, 6) is -0.740. The van der Waals surface area contributed by atoms with E-state index in [4.69, 9.17) is 0 Å². The Hall–Kier alpha value is -2.73. The minimum atomic E-state index is -4.77. The standard InChI is InChI=1S/C18H16F3N3O2S/c1-10-8-11(2)23-17(15(10)9-22)27-12(3)16(25)24-13-4-6-14(7-5-13)26-18(19,20)21/h4-8,12H,1-3H3,(H,24,25)/t12-/m0/s1. The number of hydrogen-bond acceptors (Lipinski definition) is 5. The first-order chi connectivity index (χ1) is 12.6. The number of rotatable bonds is 5. The van der Waals surface area contributed by atoms with Crippen LogP contribution in [-0.2, 0) is 4.79 Å². The minimum absolute atomic E-state index is 0.330. The number of amides is 1. The van der Waals surface area contributed by atoms with Crippen molar-refractivity contribution < 1.29 is 22.7 Å². The lowest BCUT2D eigenvalue weighted by Crippen LogP contribution is -2.22. The fourth-order valence-corrected chi connectivity index (χ4v) is 3.25. The lowest BCUT2D eigenvalue weighted by molar-refractivity contribution is -0.274. The van der Waals surface area contributed by atoms with Crippen LogP contribution in [0.25, 0.3) is 0 Å². The highest BCUT2D eigenvalue weighted by molar-refractivity contribution is 8.00. The molecule has 1 aromatic heterocycles. The molecule has 0 saturated heterocycles. The monoisotopic (exact) mass is 395 g/mol. The van der Waals surface area contributed by atoms with Gasteiger partial charge in [0.2, 0.25) is 5.91 Å². The Morgan fingerprint density at radius 2 is 1.93 bits per heavy atom. The smallest absolute Gasteiger partial charge is 0.406 e. The van der Waals surface area contributed by atoms with E-state index in [1.54, 1.807) is 26.8 Å². The molecule has 1 atom stereocenters. The highest BCUT2D eigenvalue weighted by Crippen LogP contribution is 2.28. The fraction of sp³-hybridized carbons (Fsp3) is 0.278. The molecule has 142 valence electrons. The summed E-state index contributed by atoms with van der Waals surface area (Å²) in [7, 11) is 0. The maximum Gasteiger partial charge on any atom is 0.573 e. The van der Waals surface area contributed by atoms with Gasteiger partial charge in [-0.3, -0.25) is 4.79 Å². The van der Waals surface area contributed by atoms with Gasteiger partial charge in [0.15, 0.2) is 0 Å². The topological polar surface area (TPSA) is 75.0 Å². The summed E-state index contributed by atoms with van der Waals surface area (Å²) in [6, 6.07) is 8.72. The van der Waals surface area contributed by atoms with Crippen molar-refractivity contribution in [2.24, 2.45) is 0 Å². The van der Waals surface area contributed by atoms with Crippen LogP contribution in [0.4, 0.5) is 18.9 Å². The van der Waals surface area contributed by atoms with Crippen LogP contribution in [0.5, 0.6) is 5.75 Å². The van der Waals surface area contributed by atoms with E-state index in [1.165, 1.54) is 12.1 Å². The number of aromatic nitrogens is 1. The van der Waals surface area contributed by atoms with Gasteiger partial charge in [-0.2, -0.15) is 5.26 Å². The second-order valence-corrected chi connectivity index (χ2v) is 7.02. The average molecular weight is 395 g/mol. The van der Waals surface area contributed by atoms with E-state index >= 15 is 0 Å². The molecule has 2 aromatic rings. The summed E-state index contributed by atoms with van der Waals surface area (Å²) >= 11 is 1.14. The molecule has 0 aliphatic carbocycles. The first-order valence-electron chi connectivity index (χ1n) is 7.80. The molecule has 0 unspecified atom stereocenters. The van der Waals surface area contributed by atoms with Crippen LogP contribution in [0.2, 0.25) is 0 Å². The molecule has 2 rings (SSSR count). The predicted octanol–water partition coefficient (Wildman–Crippen LogP) is 4.59. The number of carbonyl (C=O) groups is 1. The summed E-state index contributed by atoms with van der Waals surface area (Å²) in [4.78, 5) is 16.7. The van der Waals surface area contributed by atoms with Gasteiger partial charge in [0.25, 0.3) is 0 Å². The minimum Gasteiger partial charge on any atom is -0.406 e. The summed E-state index contributed by atoms with van der Waals surface area (Å²) < 4.78 is 40.3. The van der Waals surface area contributed by atoms with E-state index in [9.17, 15) is 23.2 Å². The number of aryl methyl sites for hydroxylation is 2. The molecule has 1 N–H and O–H groups in total.